The number of pyridine rings is 3. The Bertz CT molecular complexity index is 1240. The third-order valence-corrected chi connectivity index (χ3v) is 6.20. The maximum atomic E-state index is 12.6. The molecule has 2 aliphatic rings. The largest absolute Gasteiger partial charge is 0.495 e. The molecule has 0 saturated carbocycles. The molecule has 182 valence electrons. The summed E-state index contributed by atoms with van der Waals surface area (Å²) in [5.41, 5.74) is 2.28. The molecule has 0 aliphatic carbocycles. The minimum absolute atomic E-state index is 0.0445. The summed E-state index contributed by atoms with van der Waals surface area (Å²) < 4.78 is 24.2. The Morgan fingerprint density at radius 1 is 1.11 bits per heavy atom. The van der Waals surface area contributed by atoms with Gasteiger partial charge in [-0.05, 0) is 6.07 Å². The molecule has 1 atom stereocenters. The lowest BCUT2D eigenvalue weighted by Gasteiger charge is -2.35. The Labute approximate surface area is 204 Å². The summed E-state index contributed by atoms with van der Waals surface area (Å²) >= 11 is 0. The summed E-state index contributed by atoms with van der Waals surface area (Å²) in [5.74, 6) is 1.99. The van der Waals surface area contributed by atoms with Crippen molar-refractivity contribution >= 4 is 19.0 Å². The molecule has 5 rings (SSSR count). The zero-order chi connectivity index (χ0) is 24.2. The van der Waals surface area contributed by atoms with Gasteiger partial charge in [-0.25, -0.2) is 0 Å². The van der Waals surface area contributed by atoms with Gasteiger partial charge in [0.15, 0.2) is 19.5 Å². The van der Waals surface area contributed by atoms with Gasteiger partial charge in [-0.3, -0.25) is 19.7 Å². The molecule has 3 aromatic heterocycles. The first-order valence-electron chi connectivity index (χ1n) is 11.7. The summed E-state index contributed by atoms with van der Waals surface area (Å²) in [7, 11) is 7.88. The van der Waals surface area contributed by atoms with Crippen LogP contribution in [-0.4, -0.2) is 91.4 Å². The standard InChI is InChI=1S/C24H28BN5O5/c1-32-18-11-21-20(27-12-18)2-3-24(31)30(21)5-4-28-6-7-33-19(15-28)16-29(25)14-17-10-22-23(13-26-17)35-9-8-34-22/h2-3,10-13,19H,4-9,14-16H2,1H3. The maximum Gasteiger partial charge on any atom is 0.251 e. The highest BCUT2D eigenvalue weighted by molar-refractivity contribution is 6.04. The number of fused-ring (bicyclic) bond motifs is 2. The normalized spacial score (nSPS) is 18.2. The Morgan fingerprint density at radius 3 is 2.83 bits per heavy atom. The molecule has 1 unspecified atom stereocenters. The van der Waals surface area contributed by atoms with Gasteiger partial charge < -0.3 is 28.3 Å². The summed E-state index contributed by atoms with van der Waals surface area (Å²) in [6.45, 7) is 5.49. The van der Waals surface area contributed by atoms with Gasteiger partial charge >= 0.3 is 0 Å². The molecule has 0 aromatic carbocycles. The first-order valence-corrected chi connectivity index (χ1v) is 11.7. The van der Waals surface area contributed by atoms with Crippen LogP contribution in [0.4, 0.5) is 0 Å². The molecular weight excluding hydrogens is 449 g/mol. The first-order chi connectivity index (χ1) is 17.1. The number of ether oxygens (including phenoxy) is 4. The number of rotatable bonds is 8. The van der Waals surface area contributed by atoms with Crippen molar-refractivity contribution in [2.24, 2.45) is 0 Å². The summed E-state index contributed by atoms with van der Waals surface area (Å²) in [6.07, 6.45) is 3.29. The van der Waals surface area contributed by atoms with Crippen molar-refractivity contribution in [1.29, 1.82) is 0 Å². The van der Waals surface area contributed by atoms with Crippen LogP contribution in [0.1, 0.15) is 5.69 Å². The average molecular weight is 477 g/mol. The van der Waals surface area contributed by atoms with Crippen LogP contribution < -0.4 is 19.8 Å². The lowest BCUT2D eigenvalue weighted by Crippen LogP contribution is -2.48. The van der Waals surface area contributed by atoms with Crippen molar-refractivity contribution in [3.05, 3.63) is 52.7 Å². The van der Waals surface area contributed by atoms with Crippen LogP contribution in [0.2, 0.25) is 0 Å². The first kappa shape index (κ1) is 23.6. The highest BCUT2D eigenvalue weighted by atomic mass is 16.6. The number of hydrogen-bond donors (Lipinski definition) is 0. The fourth-order valence-electron chi connectivity index (χ4n) is 4.44. The molecule has 10 nitrogen and oxygen atoms in total. The van der Waals surface area contributed by atoms with E-state index in [0.717, 1.165) is 29.8 Å². The van der Waals surface area contributed by atoms with E-state index in [4.69, 9.17) is 26.9 Å². The van der Waals surface area contributed by atoms with Crippen molar-refractivity contribution < 1.29 is 18.9 Å². The predicted molar refractivity (Wildman–Crippen MR) is 130 cm³/mol. The van der Waals surface area contributed by atoms with Gasteiger partial charge in [0.2, 0.25) is 0 Å². The highest BCUT2D eigenvalue weighted by Crippen LogP contribution is 2.29. The van der Waals surface area contributed by atoms with E-state index < -0.39 is 0 Å². The van der Waals surface area contributed by atoms with Crippen LogP contribution in [0.3, 0.4) is 0 Å². The molecule has 11 heteroatoms. The molecule has 2 radical (unpaired) electrons. The third-order valence-electron chi connectivity index (χ3n) is 6.20. The van der Waals surface area contributed by atoms with Gasteiger partial charge in [-0.15, -0.1) is 0 Å². The zero-order valence-electron chi connectivity index (χ0n) is 19.8. The highest BCUT2D eigenvalue weighted by Gasteiger charge is 2.22. The van der Waals surface area contributed by atoms with Crippen molar-refractivity contribution in [2.45, 2.75) is 19.2 Å². The Balaban J connectivity index is 1.18. The van der Waals surface area contributed by atoms with Crippen molar-refractivity contribution in [1.82, 2.24) is 24.2 Å². The molecule has 1 fully saturated rings. The molecule has 35 heavy (non-hydrogen) atoms. The van der Waals surface area contributed by atoms with Gasteiger partial charge in [0.1, 0.15) is 19.0 Å². The van der Waals surface area contributed by atoms with E-state index in [2.05, 4.69) is 14.9 Å². The number of hydrogen-bond acceptors (Lipinski definition) is 9. The molecule has 5 heterocycles. The Kier molecular flexibility index (Phi) is 7.17. The molecule has 1 saturated heterocycles. The minimum atomic E-state index is -0.0579. The Hall–Kier alpha value is -3.15. The number of methoxy groups -OCH3 is 1. The van der Waals surface area contributed by atoms with Crippen molar-refractivity contribution in [3.8, 4) is 17.2 Å². The third kappa shape index (κ3) is 5.58. The van der Waals surface area contributed by atoms with E-state index in [9.17, 15) is 4.79 Å². The second-order valence-electron chi connectivity index (χ2n) is 8.64. The van der Waals surface area contributed by atoms with E-state index in [1.54, 1.807) is 41.0 Å². The second-order valence-corrected chi connectivity index (χ2v) is 8.64. The molecule has 0 bridgehead atoms. The van der Waals surface area contributed by atoms with Gasteiger partial charge in [0.05, 0.1) is 48.9 Å². The van der Waals surface area contributed by atoms with Crippen LogP contribution in [0.25, 0.3) is 11.0 Å². The van der Waals surface area contributed by atoms with E-state index in [0.29, 0.717) is 63.2 Å². The van der Waals surface area contributed by atoms with Gasteiger partial charge in [-0.1, -0.05) is 0 Å². The molecular formula is C24H28BN5O5. The SMILES string of the molecule is [B]N(Cc1cc2c(cn1)OCCO2)CC1CN(CCn2c(=O)ccc3ncc(OC)cc32)CCO1. The van der Waals surface area contributed by atoms with Crippen molar-refractivity contribution in [2.75, 3.05) is 53.1 Å². The maximum absolute atomic E-state index is 12.6. The average Bonchev–Trinajstić information content (AvgIpc) is 2.88. The quantitative estimate of drug-likeness (QED) is 0.438. The fourth-order valence-corrected chi connectivity index (χ4v) is 4.44. The number of nitrogens with zero attached hydrogens (tertiary/aromatic N) is 5. The van der Waals surface area contributed by atoms with Crippen LogP contribution in [0.15, 0.2) is 41.5 Å². The summed E-state index contributed by atoms with van der Waals surface area (Å²) in [5, 5.41) is 0. The summed E-state index contributed by atoms with van der Waals surface area (Å²) in [4.78, 5) is 25.4. The second kappa shape index (κ2) is 10.6. The van der Waals surface area contributed by atoms with Crippen LogP contribution in [0, 0.1) is 0 Å². The van der Waals surface area contributed by atoms with Gasteiger partial charge in [-0.2, -0.15) is 0 Å². The van der Waals surface area contributed by atoms with E-state index in [-0.39, 0.29) is 11.7 Å². The lowest BCUT2D eigenvalue weighted by atomic mass is 10.1. The van der Waals surface area contributed by atoms with Gasteiger partial charge in [0, 0.05) is 57.5 Å². The molecule has 0 spiro atoms. The monoisotopic (exact) mass is 477 g/mol. The Morgan fingerprint density at radius 2 is 1.97 bits per heavy atom. The molecule has 0 N–H and O–H groups in total. The van der Waals surface area contributed by atoms with Crippen LogP contribution in [0.5, 0.6) is 17.2 Å². The molecule has 0 amide bonds. The predicted octanol–water partition coefficient (Wildman–Crippen LogP) is 0.858. The lowest BCUT2D eigenvalue weighted by molar-refractivity contribution is -0.0362. The molecule has 3 aromatic rings. The van der Waals surface area contributed by atoms with E-state index in [1.807, 2.05) is 12.1 Å². The number of morpholine rings is 1. The van der Waals surface area contributed by atoms with Crippen LogP contribution >= 0.6 is 0 Å². The topological polar surface area (TPSA) is 91.2 Å². The number of aromatic nitrogens is 3. The fraction of sp³-hybridized carbons (Fsp3) is 0.458. The van der Waals surface area contributed by atoms with E-state index >= 15 is 0 Å². The van der Waals surface area contributed by atoms with Gasteiger partial charge in [0.25, 0.3) is 5.56 Å². The smallest absolute Gasteiger partial charge is 0.251 e. The van der Waals surface area contributed by atoms with E-state index in [1.165, 1.54) is 0 Å². The van der Waals surface area contributed by atoms with Crippen LogP contribution in [-0.2, 0) is 17.8 Å². The summed E-state index contributed by atoms with van der Waals surface area (Å²) in [6, 6.07) is 7.02. The zero-order valence-corrected chi connectivity index (χ0v) is 19.8. The van der Waals surface area contributed by atoms with Crippen molar-refractivity contribution in [3.63, 3.8) is 0 Å². The minimum Gasteiger partial charge on any atom is -0.495 e. The molecule has 2 aliphatic heterocycles.